The lowest BCUT2D eigenvalue weighted by Crippen LogP contribution is -2.46. The summed E-state index contributed by atoms with van der Waals surface area (Å²) in [6, 6.07) is 8.54. The van der Waals surface area contributed by atoms with E-state index in [0.29, 0.717) is 0 Å². The number of hydrogen-bond acceptors (Lipinski definition) is 3. The largest absolute Gasteiger partial charge is 0.598 e. The molecule has 0 saturated carbocycles. The van der Waals surface area contributed by atoms with Gasteiger partial charge in [0.2, 0.25) is 0 Å². The summed E-state index contributed by atoms with van der Waals surface area (Å²) in [5, 5.41) is 1.12. The first-order valence-corrected chi connectivity index (χ1v) is 8.54. The number of furan rings is 1. The van der Waals surface area contributed by atoms with E-state index < -0.39 is 11.4 Å². The summed E-state index contributed by atoms with van der Waals surface area (Å²) in [7, 11) is 1.96. The first-order valence-electron chi connectivity index (χ1n) is 7.44. The molecule has 0 aliphatic carbocycles. The van der Waals surface area contributed by atoms with E-state index >= 15 is 0 Å². The summed E-state index contributed by atoms with van der Waals surface area (Å²) in [6.07, 6.45) is 3.56. The van der Waals surface area contributed by atoms with Gasteiger partial charge in [0.05, 0.1) is 12.3 Å². The Morgan fingerprint density at radius 2 is 2.00 bits per heavy atom. The van der Waals surface area contributed by atoms with Crippen molar-refractivity contribution in [3.8, 4) is 0 Å². The van der Waals surface area contributed by atoms with Gasteiger partial charge in [-0.05, 0) is 51.3 Å². The average molecular weight is 307 g/mol. The first-order chi connectivity index (χ1) is 9.82. The van der Waals surface area contributed by atoms with E-state index in [4.69, 9.17) is 4.42 Å². The van der Waals surface area contributed by atoms with Gasteiger partial charge in [-0.15, -0.1) is 4.31 Å². The quantitative estimate of drug-likeness (QED) is 0.779. The van der Waals surface area contributed by atoms with Crippen LogP contribution in [0.25, 0.3) is 11.0 Å². The number of nitrogens with zero attached hydrogens (tertiary/aromatic N) is 1. The Labute approximate surface area is 130 Å². The fraction of sp³-hybridized carbons (Fsp3) is 0.529. The monoisotopic (exact) mass is 307 g/mol. The molecule has 0 spiro atoms. The van der Waals surface area contributed by atoms with Gasteiger partial charge in [0.1, 0.15) is 10.3 Å². The lowest BCUT2D eigenvalue weighted by Gasteiger charge is -2.34. The molecule has 0 aliphatic rings. The summed E-state index contributed by atoms with van der Waals surface area (Å²) in [6.45, 7) is 8.19. The van der Waals surface area contributed by atoms with Crippen LogP contribution in [0.4, 0.5) is 0 Å². The van der Waals surface area contributed by atoms with Gasteiger partial charge in [0.25, 0.3) is 0 Å². The minimum Gasteiger partial charge on any atom is -0.598 e. The number of benzene rings is 1. The molecule has 1 unspecified atom stereocenters. The average Bonchev–Trinajstić information content (AvgIpc) is 2.89. The standard InChI is InChI=1S/C17H25NO2S/c1-6-15(18(5)21(19)17(2,3)4)11-13-7-8-14-9-10-20-16(14)12-13/h7-10,12,15H,6,11H2,1-5H3/t15?,21-/m0/s1. The zero-order chi connectivity index (χ0) is 15.6. The molecule has 0 amide bonds. The number of rotatable bonds is 5. The topological polar surface area (TPSA) is 39.4 Å². The second-order valence-corrected chi connectivity index (χ2v) is 8.77. The minimum atomic E-state index is -0.995. The Hall–Kier alpha value is -0.970. The van der Waals surface area contributed by atoms with Crippen molar-refractivity contribution in [2.45, 2.75) is 51.3 Å². The number of likely N-dealkylation sites (N-methyl/N-ethyl adjacent to an activating group) is 1. The molecule has 1 aromatic carbocycles. The van der Waals surface area contributed by atoms with E-state index in [0.717, 1.165) is 23.8 Å². The third-order valence-corrected chi connectivity index (χ3v) is 5.63. The molecule has 2 rings (SSSR count). The molecular formula is C17H25NO2S. The maximum absolute atomic E-state index is 12.5. The van der Waals surface area contributed by atoms with Crippen LogP contribution in [-0.4, -0.2) is 26.7 Å². The Balaban J connectivity index is 2.14. The molecule has 0 bridgehead atoms. The minimum absolute atomic E-state index is 0.229. The maximum atomic E-state index is 12.5. The highest BCUT2D eigenvalue weighted by molar-refractivity contribution is 7.90. The molecule has 0 radical (unpaired) electrons. The zero-order valence-electron chi connectivity index (χ0n) is 13.6. The van der Waals surface area contributed by atoms with E-state index in [-0.39, 0.29) is 10.8 Å². The van der Waals surface area contributed by atoms with Gasteiger partial charge in [-0.1, -0.05) is 19.1 Å². The van der Waals surface area contributed by atoms with Crippen LogP contribution in [-0.2, 0) is 17.8 Å². The normalized spacial score (nSPS) is 15.6. The molecule has 21 heavy (non-hydrogen) atoms. The SMILES string of the molecule is CCC(Cc1ccc2ccoc2c1)N(C)[S@@+]([O-])C(C)(C)C. The second-order valence-electron chi connectivity index (χ2n) is 6.47. The van der Waals surface area contributed by atoms with Crippen molar-refractivity contribution in [2.24, 2.45) is 0 Å². The van der Waals surface area contributed by atoms with Crippen molar-refractivity contribution in [2.75, 3.05) is 7.05 Å². The van der Waals surface area contributed by atoms with Gasteiger partial charge in [0.15, 0.2) is 0 Å². The second kappa shape index (κ2) is 6.42. The Kier molecular flexibility index (Phi) is 5.02. The maximum Gasteiger partial charge on any atom is 0.137 e. The van der Waals surface area contributed by atoms with Crippen LogP contribution >= 0.6 is 0 Å². The predicted molar refractivity (Wildman–Crippen MR) is 89.7 cm³/mol. The molecule has 0 aliphatic heterocycles. The molecule has 0 N–H and O–H groups in total. The summed E-state index contributed by atoms with van der Waals surface area (Å²) in [5.74, 6) is 0. The molecule has 3 nitrogen and oxygen atoms in total. The fourth-order valence-corrected chi connectivity index (χ4v) is 3.85. The lowest BCUT2D eigenvalue weighted by atomic mass is 10.0. The highest BCUT2D eigenvalue weighted by Crippen LogP contribution is 2.25. The van der Waals surface area contributed by atoms with E-state index in [1.807, 2.05) is 38.2 Å². The van der Waals surface area contributed by atoms with Crippen molar-refractivity contribution < 1.29 is 8.97 Å². The lowest BCUT2D eigenvalue weighted by molar-refractivity contribution is 0.345. The van der Waals surface area contributed by atoms with Crippen LogP contribution in [0.2, 0.25) is 0 Å². The van der Waals surface area contributed by atoms with Gasteiger partial charge >= 0.3 is 0 Å². The van der Waals surface area contributed by atoms with E-state index in [2.05, 4.69) is 25.1 Å². The smallest absolute Gasteiger partial charge is 0.137 e. The van der Waals surface area contributed by atoms with Crippen LogP contribution in [0.15, 0.2) is 34.9 Å². The van der Waals surface area contributed by atoms with Gasteiger partial charge < -0.3 is 8.97 Å². The van der Waals surface area contributed by atoms with Gasteiger partial charge in [-0.25, -0.2) is 0 Å². The predicted octanol–water partition coefficient (Wildman–Crippen LogP) is 4.15. The van der Waals surface area contributed by atoms with Crippen LogP contribution < -0.4 is 0 Å². The van der Waals surface area contributed by atoms with E-state index in [1.54, 1.807) is 6.26 Å². The molecule has 2 aromatic rings. The third kappa shape index (κ3) is 3.82. The Morgan fingerprint density at radius 1 is 1.29 bits per heavy atom. The molecule has 0 fully saturated rings. The Morgan fingerprint density at radius 3 is 2.62 bits per heavy atom. The summed E-state index contributed by atoms with van der Waals surface area (Å²) in [4.78, 5) is 0. The molecule has 0 saturated heterocycles. The first kappa shape index (κ1) is 16.4. The summed E-state index contributed by atoms with van der Waals surface area (Å²) >= 11 is -0.995. The molecule has 116 valence electrons. The molecule has 4 heteroatoms. The van der Waals surface area contributed by atoms with Gasteiger partial charge in [-0.3, -0.25) is 0 Å². The van der Waals surface area contributed by atoms with Crippen molar-refractivity contribution in [3.63, 3.8) is 0 Å². The van der Waals surface area contributed by atoms with Crippen LogP contribution in [0, 0.1) is 0 Å². The van der Waals surface area contributed by atoms with Crippen molar-refractivity contribution in [1.29, 1.82) is 0 Å². The van der Waals surface area contributed by atoms with Crippen molar-refractivity contribution >= 4 is 22.3 Å². The third-order valence-electron chi connectivity index (χ3n) is 3.76. The summed E-state index contributed by atoms with van der Waals surface area (Å²) < 4.78 is 19.8. The molecule has 2 atom stereocenters. The molecule has 1 heterocycles. The van der Waals surface area contributed by atoms with E-state index in [1.165, 1.54) is 5.56 Å². The van der Waals surface area contributed by atoms with Gasteiger partial charge in [-0.2, -0.15) is 0 Å². The zero-order valence-corrected chi connectivity index (χ0v) is 14.4. The van der Waals surface area contributed by atoms with Crippen molar-refractivity contribution in [3.05, 3.63) is 36.1 Å². The van der Waals surface area contributed by atoms with Gasteiger partial charge in [0, 0.05) is 23.8 Å². The van der Waals surface area contributed by atoms with Crippen LogP contribution in [0.3, 0.4) is 0 Å². The Bertz CT molecular complexity index is 588. The highest BCUT2D eigenvalue weighted by Gasteiger charge is 2.34. The number of fused-ring (bicyclic) bond motifs is 1. The number of hydrogen-bond donors (Lipinski definition) is 0. The highest BCUT2D eigenvalue weighted by atomic mass is 32.2. The van der Waals surface area contributed by atoms with Crippen LogP contribution in [0.5, 0.6) is 0 Å². The van der Waals surface area contributed by atoms with E-state index in [9.17, 15) is 4.55 Å². The molecule has 1 aromatic heterocycles. The van der Waals surface area contributed by atoms with Crippen LogP contribution in [0.1, 0.15) is 39.7 Å². The fourth-order valence-electron chi connectivity index (χ4n) is 2.50. The van der Waals surface area contributed by atoms with Crippen molar-refractivity contribution in [1.82, 2.24) is 4.31 Å². The summed E-state index contributed by atoms with van der Waals surface area (Å²) in [5.41, 5.74) is 2.14. The molecular weight excluding hydrogens is 282 g/mol.